The van der Waals surface area contributed by atoms with Gasteiger partial charge in [0, 0.05) is 4.90 Å². The van der Waals surface area contributed by atoms with Crippen LogP contribution in [0.3, 0.4) is 0 Å². The molecule has 0 fully saturated rings. The Labute approximate surface area is 103 Å². The van der Waals surface area contributed by atoms with Crippen molar-refractivity contribution in [1.82, 2.24) is 0 Å². The standard InChI is InChI=1S/C7H5F3O6S2/c8-7(9,10)18(12,13)14-5-1-3-6(4-2-5)17-16-15-11/h1-4,11H. The molecule has 0 amide bonds. The van der Waals surface area contributed by atoms with Crippen LogP contribution in [0.25, 0.3) is 0 Å². The van der Waals surface area contributed by atoms with Crippen molar-refractivity contribution in [2.45, 2.75) is 10.4 Å². The monoisotopic (exact) mass is 306 g/mol. The van der Waals surface area contributed by atoms with E-state index in [4.69, 9.17) is 5.26 Å². The van der Waals surface area contributed by atoms with Crippen molar-refractivity contribution < 1.29 is 40.4 Å². The Morgan fingerprint density at radius 2 is 1.72 bits per heavy atom. The second kappa shape index (κ2) is 5.75. The summed E-state index contributed by atoms with van der Waals surface area (Å²) in [7, 11) is -5.68. The average molecular weight is 306 g/mol. The van der Waals surface area contributed by atoms with Gasteiger partial charge >= 0.3 is 15.6 Å². The molecule has 0 aliphatic heterocycles. The lowest BCUT2D eigenvalue weighted by Gasteiger charge is -2.09. The van der Waals surface area contributed by atoms with Crippen molar-refractivity contribution in [2.24, 2.45) is 0 Å². The van der Waals surface area contributed by atoms with Crippen LogP contribution in [-0.2, 0) is 19.5 Å². The maximum atomic E-state index is 12.0. The maximum Gasteiger partial charge on any atom is 0.534 e. The fraction of sp³-hybridized carbons (Fsp3) is 0.143. The molecule has 1 N–H and O–H groups in total. The molecule has 0 bridgehead atoms. The molecule has 102 valence electrons. The average Bonchev–Trinajstić information content (AvgIpc) is 2.26. The Morgan fingerprint density at radius 1 is 1.17 bits per heavy atom. The minimum atomic E-state index is -5.68. The van der Waals surface area contributed by atoms with Gasteiger partial charge in [0.2, 0.25) is 0 Å². The smallest absolute Gasteiger partial charge is 0.376 e. The summed E-state index contributed by atoms with van der Waals surface area (Å²) in [5.74, 6) is -0.512. The van der Waals surface area contributed by atoms with Gasteiger partial charge in [0.25, 0.3) is 0 Å². The molecule has 18 heavy (non-hydrogen) atoms. The molecule has 0 radical (unpaired) electrons. The first-order valence-corrected chi connectivity index (χ1v) is 6.17. The van der Waals surface area contributed by atoms with Crippen molar-refractivity contribution in [3.05, 3.63) is 24.3 Å². The minimum Gasteiger partial charge on any atom is -0.376 e. The number of alkyl halides is 3. The van der Waals surface area contributed by atoms with E-state index in [1.165, 1.54) is 12.1 Å². The highest BCUT2D eigenvalue weighted by Gasteiger charge is 2.48. The first-order chi connectivity index (χ1) is 8.26. The highest BCUT2D eigenvalue weighted by atomic mass is 32.2. The fourth-order valence-corrected chi connectivity index (χ4v) is 1.59. The first kappa shape index (κ1) is 15.0. The summed E-state index contributed by atoms with van der Waals surface area (Å²) in [6.07, 6.45) is 0. The van der Waals surface area contributed by atoms with E-state index in [-0.39, 0.29) is 0 Å². The maximum absolute atomic E-state index is 12.0. The first-order valence-electron chi connectivity index (χ1n) is 4.02. The van der Waals surface area contributed by atoms with E-state index in [1.807, 2.05) is 0 Å². The summed E-state index contributed by atoms with van der Waals surface area (Å²) in [6.45, 7) is 0. The largest absolute Gasteiger partial charge is 0.534 e. The molecule has 0 aliphatic carbocycles. The zero-order valence-electron chi connectivity index (χ0n) is 8.25. The van der Waals surface area contributed by atoms with Crippen molar-refractivity contribution in [3.8, 4) is 5.75 Å². The zero-order valence-corrected chi connectivity index (χ0v) is 9.88. The van der Waals surface area contributed by atoms with Gasteiger partial charge in [0.1, 0.15) is 5.75 Å². The van der Waals surface area contributed by atoms with Gasteiger partial charge in [0.05, 0.1) is 12.0 Å². The molecule has 0 aromatic heterocycles. The molecular weight excluding hydrogens is 301 g/mol. The number of rotatable bonds is 5. The molecule has 1 aromatic carbocycles. The van der Waals surface area contributed by atoms with E-state index in [2.05, 4.69) is 13.6 Å². The molecule has 0 heterocycles. The molecule has 1 aromatic rings. The Hall–Kier alpha value is -1.01. The number of hydrogen-bond acceptors (Lipinski definition) is 7. The van der Waals surface area contributed by atoms with Crippen LogP contribution < -0.4 is 4.18 Å². The Kier molecular flexibility index (Phi) is 4.81. The summed E-state index contributed by atoms with van der Waals surface area (Å²) >= 11 is 0.553. The molecule has 6 nitrogen and oxygen atoms in total. The molecule has 0 saturated heterocycles. The van der Waals surface area contributed by atoms with E-state index in [1.54, 1.807) is 0 Å². The van der Waals surface area contributed by atoms with Crippen LogP contribution in [-0.4, -0.2) is 19.2 Å². The molecular formula is C7H5F3O6S2. The summed E-state index contributed by atoms with van der Waals surface area (Å²) in [5.41, 5.74) is -5.49. The zero-order chi connectivity index (χ0) is 13.8. The second-order valence-corrected chi connectivity index (χ2v) is 4.99. The van der Waals surface area contributed by atoms with Crippen LogP contribution in [0.15, 0.2) is 29.2 Å². The minimum absolute atomic E-state index is 0.334. The summed E-state index contributed by atoms with van der Waals surface area (Å²) < 4.78 is 65.1. The van der Waals surface area contributed by atoms with Crippen LogP contribution >= 0.6 is 12.0 Å². The molecule has 0 aliphatic rings. The van der Waals surface area contributed by atoms with E-state index < -0.39 is 21.4 Å². The van der Waals surface area contributed by atoms with Gasteiger partial charge in [-0.05, 0) is 24.3 Å². The molecule has 0 atom stereocenters. The van der Waals surface area contributed by atoms with Crippen molar-refractivity contribution in [1.29, 1.82) is 0 Å². The van der Waals surface area contributed by atoms with Crippen LogP contribution in [0.2, 0.25) is 0 Å². The Bertz CT molecular complexity index is 483. The van der Waals surface area contributed by atoms with Crippen molar-refractivity contribution in [2.75, 3.05) is 0 Å². The lowest BCUT2D eigenvalue weighted by molar-refractivity contribution is -0.432. The number of benzene rings is 1. The summed E-state index contributed by atoms with van der Waals surface area (Å²) in [4.78, 5) is 0.334. The topological polar surface area (TPSA) is 82.1 Å². The third kappa shape index (κ3) is 4.03. The number of halogens is 3. The van der Waals surface area contributed by atoms with Gasteiger partial charge in [-0.2, -0.15) is 21.6 Å². The summed E-state index contributed by atoms with van der Waals surface area (Å²) in [5, 5.41) is 11.1. The van der Waals surface area contributed by atoms with E-state index >= 15 is 0 Å². The number of hydrogen-bond donors (Lipinski definition) is 1. The van der Waals surface area contributed by atoms with Gasteiger partial charge in [-0.15, -0.1) is 4.33 Å². The second-order valence-electron chi connectivity index (χ2n) is 2.68. The highest BCUT2D eigenvalue weighted by Crippen LogP contribution is 2.28. The van der Waals surface area contributed by atoms with E-state index in [0.29, 0.717) is 16.9 Å². The molecule has 0 spiro atoms. The normalized spacial score (nSPS) is 12.4. The Balaban J connectivity index is 2.76. The SMILES string of the molecule is O=S(=O)(Oc1ccc(SOOO)cc1)C(F)(F)F. The lowest BCUT2D eigenvalue weighted by Crippen LogP contribution is -2.27. The molecule has 0 saturated carbocycles. The van der Waals surface area contributed by atoms with Crippen molar-refractivity contribution in [3.63, 3.8) is 0 Å². The molecule has 1 rings (SSSR count). The molecule has 11 heteroatoms. The fourth-order valence-electron chi connectivity index (χ4n) is 0.779. The van der Waals surface area contributed by atoms with Crippen LogP contribution in [0.1, 0.15) is 0 Å². The van der Waals surface area contributed by atoms with Gasteiger partial charge in [-0.25, -0.2) is 5.26 Å². The van der Waals surface area contributed by atoms with Gasteiger partial charge in [-0.1, -0.05) is 5.04 Å². The predicted octanol–water partition coefficient (Wildman–Crippen LogP) is 2.34. The third-order valence-corrected chi connectivity index (χ3v) is 3.05. The lowest BCUT2D eigenvalue weighted by atomic mass is 10.3. The van der Waals surface area contributed by atoms with Gasteiger partial charge in [-0.3, -0.25) is 0 Å². The van der Waals surface area contributed by atoms with Gasteiger partial charge < -0.3 is 4.18 Å². The highest BCUT2D eigenvalue weighted by molar-refractivity contribution is 7.94. The van der Waals surface area contributed by atoms with Crippen LogP contribution in [0.5, 0.6) is 5.75 Å². The predicted molar refractivity (Wildman–Crippen MR) is 52.7 cm³/mol. The molecule has 0 unspecified atom stereocenters. The van der Waals surface area contributed by atoms with Crippen LogP contribution in [0, 0.1) is 0 Å². The third-order valence-electron chi connectivity index (χ3n) is 1.47. The van der Waals surface area contributed by atoms with E-state index in [0.717, 1.165) is 12.1 Å². The Morgan fingerprint density at radius 3 is 2.17 bits per heavy atom. The van der Waals surface area contributed by atoms with E-state index in [9.17, 15) is 21.6 Å². The summed E-state index contributed by atoms with van der Waals surface area (Å²) in [6, 6.07) is 4.36. The van der Waals surface area contributed by atoms with Gasteiger partial charge in [0.15, 0.2) is 0 Å². The van der Waals surface area contributed by atoms with Crippen LogP contribution in [0.4, 0.5) is 13.2 Å². The quantitative estimate of drug-likeness (QED) is 0.294. The van der Waals surface area contributed by atoms with Crippen molar-refractivity contribution >= 4 is 22.2 Å².